The Morgan fingerprint density at radius 3 is 2.39 bits per heavy atom. The molecule has 0 saturated carbocycles. The van der Waals surface area contributed by atoms with Gasteiger partial charge in [0.05, 0.1) is 23.2 Å². The van der Waals surface area contributed by atoms with E-state index in [2.05, 4.69) is 5.10 Å². The number of rotatable bonds is 3. The van der Waals surface area contributed by atoms with Crippen molar-refractivity contribution in [2.75, 3.05) is 6.61 Å². The summed E-state index contributed by atoms with van der Waals surface area (Å²) in [5.74, 6) is -1.63. The summed E-state index contributed by atoms with van der Waals surface area (Å²) in [6, 6.07) is 3.93. The van der Waals surface area contributed by atoms with Gasteiger partial charge in [-0.1, -0.05) is 0 Å². The van der Waals surface area contributed by atoms with Gasteiger partial charge in [0.1, 0.15) is 11.6 Å². The summed E-state index contributed by atoms with van der Waals surface area (Å²) >= 11 is 0. The molecule has 0 spiro atoms. The molecule has 3 aromatic rings. The quantitative estimate of drug-likeness (QED) is 0.757. The first-order valence-electron chi connectivity index (χ1n) is 6.85. The van der Waals surface area contributed by atoms with Gasteiger partial charge in [-0.15, -0.1) is 0 Å². The predicted octanol–water partition coefficient (Wildman–Crippen LogP) is 1.06. The van der Waals surface area contributed by atoms with Crippen molar-refractivity contribution in [2.45, 2.75) is 13.5 Å². The van der Waals surface area contributed by atoms with Gasteiger partial charge < -0.3 is 9.67 Å². The molecule has 6 nitrogen and oxygen atoms in total. The maximum Gasteiger partial charge on any atom is 0.280 e. The van der Waals surface area contributed by atoms with Crippen LogP contribution in [-0.4, -0.2) is 26.1 Å². The Hall–Kier alpha value is -2.74. The van der Waals surface area contributed by atoms with Crippen molar-refractivity contribution in [3.05, 3.63) is 62.3 Å². The molecular weight excluding hydrogens is 308 g/mol. The zero-order valence-electron chi connectivity index (χ0n) is 12.1. The minimum atomic E-state index is -0.817. The number of nitrogens with one attached hydrogen (secondary N) is 1. The van der Waals surface area contributed by atoms with Crippen LogP contribution in [0.3, 0.4) is 0 Å². The smallest absolute Gasteiger partial charge is 0.280 e. The van der Waals surface area contributed by atoms with Crippen LogP contribution in [0.25, 0.3) is 16.6 Å². The van der Waals surface area contributed by atoms with E-state index in [1.54, 1.807) is 6.92 Å². The third-order valence-corrected chi connectivity index (χ3v) is 3.65. The molecule has 8 heteroatoms. The van der Waals surface area contributed by atoms with E-state index in [-0.39, 0.29) is 35.3 Å². The van der Waals surface area contributed by atoms with Gasteiger partial charge in [0, 0.05) is 24.4 Å². The Morgan fingerprint density at radius 1 is 1.13 bits per heavy atom. The van der Waals surface area contributed by atoms with E-state index in [4.69, 9.17) is 5.11 Å². The number of pyridine rings is 1. The number of H-pyrrole nitrogens is 1. The molecule has 1 aromatic carbocycles. The summed E-state index contributed by atoms with van der Waals surface area (Å²) in [6.45, 7) is 1.38. The normalized spacial score (nSPS) is 11.3. The Balaban J connectivity index is 2.33. The number of nitrogens with zero attached hydrogens (tertiary/aromatic N) is 2. The molecule has 2 N–H and O–H groups in total. The zero-order chi connectivity index (χ0) is 16.7. The van der Waals surface area contributed by atoms with E-state index < -0.39 is 17.2 Å². The molecular formula is C15H13F2N3O3. The molecule has 2 heterocycles. The number of fused-ring (bicyclic) bond motifs is 1. The Bertz CT molecular complexity index is 997. The minimum Gasteiger partial charge on any atom is -0.395 e. The number of hydrogen-bond acceptors (Lipinski definition) is 3. The lowest BCUT2D eigenvalue weighted by atomic mass is 10.2. The van der Waals surface area contributed by atoms with Gasteiger partial charge >= 0.3 is 0 Å². The third-order valence-electron chi connectivity index (χ3n) is 3.65. The summed E-state index contributed by atoms with van der Waals surface area (Å²) in [4.78, 5) is 24.6. The first-order valence-corrected chi connectivity index (χ1v) is 6.85. The van der Waals surface area contributed by atoms with Crippen LogP contribution in [0, 0.1) is 18.6 Å². The first kappa shape index (κ1) is 15.2. The van der Waals surface area contributed by atoms with Crippen molar-refractivity contribution in [2.24, 2.45) is 0 Å². The summed E-state index contributed by atoms with van der Waals surface area (Å²) in [5.41, 5.74) is -0.295. The molecule has 0 radical (unpaired) electrons. The Morgan fingerprint density at radius 2 is 1.78 bits per heavy atom. The predicted molar refractivity (Wildman–Crippen MR) is 79.9 cm³/mol. The van der Waals surface area contributed by atoms with E-state index in [0.717, 1.165) is 16.8 Å². The zero-order valence-corrected chi connectivity index (χ0v) is 12.1. The van der Waals surface area contributed by atoms with E-state index in [0.29, 0.717) is 11.8 Å². The van der Waals surface area contributed by atoms with Crippen molar-refractivity contribution in [3.63, 3.8) is 0 Å². The summed E-state index contributed by atoms with van der Waals surface area (Å²) in [5, 5.41) is 11.9. The van der Waals surface area contributed by atoms with Gasteiger partial charge in [-0.25, -0.2) is 13.5 Å². The number of hydrogen-bond donors (Lipinski definition) is 2. The average molecular weight is 321 g/mol. The molecule has 0 unspecified atom stereocenters. The van der Waals surface area contributed by atoms with Gasteiger partial charge in [0.15, 0.2) is 0 Å². The molecule has 0 atom stereocenters. The lowest BCUT2D eigenvalue weighted by Gasteiger charge is -2.07. The Kier molecular flexibility index (Phi) is 3.61. The summed E-state index contributed by atoms with van der Waals surface area (Å²) in [6.07, 6.45) is 0. The van der Waals surface area contributed by atoms with Crippen LogP contribution in [0.15, 0.2) is 33.9 Å². The van der Waals surface area contributed by atoms with Crippen molar-refractivity contribution >= 4 is 10.9 Å². The number of halogens is 2. The molecule has 23 heavy (non-hydrogen) atoms. The van der Waals surface area contributed by atoms with Crippen LogP contribution >= 0.6 is 0 Å². The molecule has 0 aliphatic carbocycles. The van der Waals surface area contributed by atoms with E-state index >= 15 is 0 Å². The van der Waals surface area contributed by atoms with Crippen molar-refractivity contribution in [1.82, 2.24) is 14.3 Å². The van der Waals surface area contributed by atoms with Crippen LogP contribution in [0.1, 0.15) is 5.69 Å². The molecule has 0 aliphatic heterocycles. The van der Waals surface area contributed by atoms with E-state index in [1.807, 2.05) is 0 Å². The SMILES string of the molecule is Cc1c2c(=O)n(-c3cc(F)cc(F)c3)[nH]c2cc(=O)n1CCO. The fraction of sp³-hybridized carbons (Fsp3) is 0.200. The number of aromatic nitrogens is 3. The lowest BCUT2D eigenvalue weighted by molar-refractivity contribution is 0.273. The van der Waals surface area contributed by atoms with E-state index in [9.17, 15) is 18.4 Å². The maximum atomic E-state index is 13.4. The minimum absolute atomic E-state index is 0.00995. The molecule has 3 rings (SSSR count). The maximum absolute atomic E-state index is 13.4. The second-order valence-electron chi connectivity index (χ2n) is 5.11. The number of aliphatic hydroxyl groups excluding tert-OH is 1. The highest BCUT2D eigenvalue weighted by Crippen LogP contribution is 2.15. The highest BCUT2D eigenvalue weighted by Gasteiger charge is 2.15. The van der Waals surface area contributed by atoms with Gasteiger partial charge in [-0.05, 0) is 19.1 Å². The average Bonchev–Trinajstić information content (AvgIpc) is 2.79. The molecule has 0 bridgehead atoms. The van der Waals surface area contributed by atoms with Crippen LogP contribution in [-0.2, 0) is 6.54 Å². The molecule has 2 aromatic heterocycles. The highest BCUT2D eigenvalue weighted by molar-refractivity contribution is 5.80. The number of aliphatic hydroxyl groups is 1. The van der Waals surface area contributed by atoms with Gasteiger partial charge in [-0.2, -0.15) is 0 Å². The second kappa shape index (κ2) is 5.47. The molecule has 0 fully saturated rings. The molecule has 0 saturated heterocycles. The summed E-state index contributed by atoms with van der Waals surface area (Å²) < 4.78 is 29.0. The second-order valence-corrected chi connectivity index (χ2v) is 5.11. The van der Waals surface area contributed by atoms with Gasteiger partial charge in [-0.3, -0.25) is 14.7 Å². The molecule has 0 amide bonds. The van der Waals surface area contributed by atoms with Crippen LogP contribution < -0.4 is 11.1 Å². The van der Waals surface area contributed by atoms with Crippen molar-refractivity contribution in [1.29, 1.82) is 0 Å². The number of aryl methyl sites for hydroxylation is 1. The largest absolute Gasteiger partial charge is 0.395 e. The highest BCUT2D eigenvalue weighted by atomic mass is 19.1. The van der Waals surface area contributed by atoms with E-state index in [1.165, 1.54) is 10.6 Å². The molecule has 120 valence electrons. The van der Waals surface area contributed by atoms with Crippen LogP contribution in [0.5, 0.6) is 0 Å². The van der Waals surface area contributed by atoms with Crippen LogP contribution in [0.4, 0.5) is 8.78 Å². The van der Waals surface area contributed by atoms with Gasteiger partial charge in [0.2, 0.25) is 0 Å². The van der Waals surface area contributed by atoms with Crippen molar-refractivity contribution in [3.8, 4) is 5.69 Å². The Labute approximate surface area is 128 Å². The molecule has 0 aliphatic rings. The summed E-state index contributed by atoms with van der Waals surface area (Å²) in [7, 11) is 0. The van der Waals surface area contributed by atoms with Gasteiger partial charge in [0.25, 0.3) is 11.1 Å². The monoisotopic (exact) mass is 321 g/mol. The van der Waals surface area contributed by atoms with Crippen molar-refractivity contribution < 1.29 is 13.9 Å². The fourth-order valence-corrected chi connectivity index (χ4v) is 2.64. The lowest BCUT2D eigenvalue weighted by Crippen LogP contribution is -2.24. The third kappa shape index (κ3) is 2.46. The van der Waals surface area contributed by atoms with Crippen LogP contribution in [0.2, 0.25) is 0 Å². The number of benzene rings is 1. The standard InChI is InChI=1S/C15H13F2N3O3/c1-8-14-12(7-13(22)19(8)2-3-21)18-20(15(14)23)11-5-9(16)4-10(17)6-11/h4-7,18,21H,2-3H2,1H3. The topological polar surface area (TPSA) is 80.0 Å². The first-order chi connectivity index (χ1) is 10.9. The number of aromatic amines is 1. The fourth-order valence-electron chi connectivity index (χ4n) is 2.64.